The van der Waals surface area contributed by atoms with Crippen LogP contribution in [0.25, 0.3) is 0 Å². The van der Waals surface area contributed by atoms with Gasteiger partial charge in [0, 0.05) is 6.20 Å². The number of nitriles is 1. The van der Waals surface area contributed by atoms with Gasteiger partial charge in [0.1, 0.15) is 6.54 Å². The second-order valence-electron chi connectivity index (χ2n) is 3.23. The standard InChI is InChI=1S/C10H9N3O5/c11-3-4-12-10(18)13-5-1-2-6(8(14)15)7(13)9(16)17/h1-2,5,7H,4H2,(H,12,18)(H,14,15)(H,16,17). The number of carboxylic acid groups (broad SMARTS) is 2. The van der Waals surface area contributed by atoms with Crippen LogP contribution >= 0.6 is 0 Å². The highest BCUT2D eigenvalue weighted by Crippen LogP contribution is 2.17. The first-order valence-corrected chi connectivity index (χ1v) is 4.76. The van der Waals surface area contributed by atoms with Gasteiger partial charge in [0.25, 0.3) is 0 Å². The molecule has 2 amide bonds. The molecule has 0 fully saturated rings. The lowest BCUT2D eigenvalue weighted by molar-refractivity contribution is -0.143. The maximum absolute atomic E-state index is 11.6. The summed E-state index contributed by atoms with van der Waals surface area (Å²) in [5, 5.41) is 28.3. The van der Waals surface area contributed by atoms with Gasteiger partial charge in [-0.25, -0.2) is 14.4 Å². The highest BCUT2D eigenvalue weighted by atomic mass is 16.4. The first kappa shape index (κ1) is 13.2. The Kier molecular flexibility index (Phi) is 4.04. The molecule has 0 saturated carbocycles. The molecule has 3 N–H and O–H groups in total. The summed E-state index contributed by atoms with van der Waals surface area (Å²) in [5.74, 6) is -2.90. The summed E-state index contributed by atoms with van der Waals surface area (Å²) in [4.78, 5) is 34.2. The summed E-state index contributed by atoms with van der Waals surface area (Å²) < 4.78 is 0. The molecule has 18 heavy (non-hydrogen) atoms. The number of amides is 2. The van der Waals surface area contributed by atoms with Crippen molar-refractivity contribution in [1.29, 1.82) is 5.26 Å². The molecular weight excluding hydrogens is 242 g/mol. The monoisotopic (exact) mass is 251 g/mol. The normalized spacial score (nSPS) is 17.6. The molecule has 0 aliphatic carbocycles. The number of allylic oxidation sites excluding steroid dienone is 2. The third-order valence-corrected chi connectivity index (χ3v) is 2.13. The lowest BCUT2D eigenvalue weighted by Gasteiger charge is -2.27. The third kappa shape index (κ3) is 2.65. The minimum atomic E-state index is -1.62. The van der Waals surface area contributed by atoms with Crippen LogP contribution in [-0.4, -0.2) is 45.7 Å². The van der Waals surface area contributed by atoms with E-state index in [0.29, 0.717) is 4.90 Å². The first-order valence-electron chi connectivity index (χ1n) is 4.76. The average molecular weight is 251 g/mol. The molecule has 0 bridgehead atoms. The highest BCUT2D eigenvalue weighted by Gasteiger charge is 2.36. The van der Waals surface area contributed by atoms with Crippen molar-refractivity contribution in [3.05, 3.63) is 23.9 Å². The molecule has 0 aromatic heterocycles. The third-order valence-electron chi connectivity index (χ3n) is 2.13. The maximum atomic E-state index is 11.6. The van der Waals surface area contributed by atoms with Crippen molar-refractivity contribution >= 4 is 18.0 Å². The maximum Gasteiger partial charge on any atom is 0.334 e. The Morgan fingerprint density at radius 1 is 1.44 bits per heavy atom. The summed E-state index contributed by atoms with van der Waals surface area (Å²) in [6.45, 7) is -0.304. The van der Waals surface area contributed by atoms with Crippen LogP contribution in [0.1, 0.15) is 0 Å². The predicted octanol–water partition coefficient (Wildman–Crippen LogP) is -0.487. The fourth-order valence-electron chi connectivity index (χ4n) is 1.40. The number of hydrogen-bond donors (Lipinski definition) is 3. The van der Waals surface area contributed by atoms with E-state index in [4.69, 9.17) is 15.5 Å². The van der Waals surface area contributed by atoms with Gasteiger partial charge in [-0.3, -0.25) is 4.90 Å². The molecule has 1 heterocycles. The largest absolute Gasteiger partial charge is 0.479 e. The number of nitrogens with zero attached hydrogens (tertiary/aromatic N) is 2. The van der Waals surface area contributed by atoms with E-state index in [-0.39, 0.29) is 6.54 Å². The van der Waals surface area contributed by atoms with Gasteiger partial charge in [-0.15, -0.1) is 0 Å². The average Bonchev–Trinajstić information content (AvgIpc) is 2.34. The minimum absolute atomic E-state index is 0.304. The molecule has 1 aliphatic heterocycles. The van der Waals surface area contributed by atoms with E-state index < -0.39 is 29.6 Å². The summed E-state index contributed by atoms with van der Waals surface area (Å²) in [5.41, 5.74) is -0.433. The molecule has 0 radical (unpaired) electrons. The second kappa shape index (κ2) is 5.49. The van der Waals surface area contributed by atoms with Crippen LogP contribution in [0.3, 0.4) is 0 Å². The van der Waals surface area contributed by atoms with E-state index in [9.17, 15) is 14.4 Å². The predicted molar refractivity (Wildman–Crippen MR) is 57.1 cm³/mol. The van der Waals surface area contributed by atoms with Crippen molar-refractivity contribution in [2.75, 3.05) is 6.54 Å². The van der Waals surface area contributed by atoms with Gasteiger partial charge < -0.3 is 15.5 Å². The Bertz CT molecular complexity index is 488. The first-order chi connectivity index (χ1) is 8.49. The number of hydrogen-bond acceptors (Lipinski definition) is 4. The topological polar surface area (TPSA) is 131 Å². The smallest absolute Gasteiger partial charge is 0.334 e. The summed E-state index contributed by atoms with van der Waals surface area (Å²) in [7, 11) is 0. The zero-order chi connectivity index (χ0) is 13.7. The van der Waals surface area contributed by atoms with Gasteiger partial charge >= 0.3 is 18.0 Å². The Morgan fingerprint density at radius 3 is 2.61 bits per heavy atom. The molecule has 1 atom stereocenters. The Labute approximate surface area is 101 Å². The van der Waals surface area contributed by atoms with E-state index >= 15 is 0 Å². The van der Waals surface area contributed by atoms with Crippen LogP contribution in [0.5, 0.6) is 0 Å². The lowest BCUT2D eigenvalue weighted by Crippen LogP contribution is -2.49. The van der Waals surface area contributed by atoms with Crippen LogP contribution in [0.4, 0.5) is 4.79 Å². The number of rotatable bonds is 3. The fraction of sp³-hybridized carbons (Fsp3) is 0.200. The quantitative estimate of drug-likeness (QED) is 0.580. The molecule has 1 unspecified atom stereocenters. The van der Waals surface area contributed by atoms with Gasteiger partial charge in [0.2, 0.25) is 0 Å². The van der Waals surface area contributed by atoms with Gasteiger partial charge in [-0.2, -0.15) is 5.26 Å². The Morgan fingerprint density at radius 2 is 2.11 bits per heavy atom. The van der Waals surface area contributed by atoms with Gasteiger partial charge in [0.05, 0.1) is 11.6 Å². The number of nitrogens with one attached hydrogen (secondary N) is 1. The van der Waals surface area contributed by atoms with Crippen molar-refractivity contribution < 1.29 is 24.6 Å². The summed E-state index contributed by atoms with van der Waals surface area (Å²) in [6.07, 6.45) is 3.49. The van der Waals surface area contributed by atoms with Crippen molar-refractivity contribution in [2.45, 2.75) is 6.04 Å². The van der Waals surface area contributed by atoms with Crippen molar-refractivity contribution in [1.82, 2.24) is 10.2 Å². The van der Waals surface area contributed by atoms with Crippen LogP contribution in [-0.2, 0) is 9.59 Å². The number of urea groups is 1. The fourth-order valence-corrected chi connectivity index (χ4v) is 1.40. The zero-order valence-corrected chi connectivity index (χ0v) is 9.03. The van der Waals surface area contributed by atoms with Gasteiger partial charge in [-0.05, 0) is 12.2 Å². The van der Waals surface area contributed by atoms with E-state index in [0.717, 1.165) is 12.3 Å². The molecule has 0 aromatic rings. The summed E-state index contributed by atoms with van der Waals surface area (Å²) >= 11 is 0. The Hall–Kier alpha value is -2.82. The van der Waals surface area contributed by atoms with Crippen molar-refractivity contribution in [3.8, 4) is 6.07 Å². The van der Waals surface area contributed by atoms with Crippen LogP contribution in [0.15, 0.2) is 23.9 Å². The molecule has 1 rings (SSSR count). The number of carbonyl (C=O) groups is 3. The SMILES string of the molecule is N#CCNC(=O)N1C=CC=C(C(=O)O)C1C(=O)O. The molecule has 1 aliphatic rings. The minimum Gasteiger partial charge on any atom is -0.479 e. The van der Waals surface area contributed by atoms with Crippen molar-refractivity contribution in [3.63, 3.8) is 0 Å². The highest BCUT2D eigenvalue weighted by molar-refractivity contribution is 5.99. The molecule has 94 valence electrons. The van der Waals surface area contributed by atoms with Crippen LogP contribution in [0.2, 0.25) is 0 Å². The van der Waals surface area contributed by atoms with Crippen molar-refractivity contribution in [2.24, 2.45) is 0 Å². The lowest BCUT2D eigenvalue weighted by atomic mass is 10.0. The molecular formula is C10H9N3O5. The van der Waals surface area contributed by atoms with E-state index in [1.807, 2.05) is 0 Å². The molecule has 8 nitrogen and oxygen atoms in total. The molecule has 8 heteroatoms. The summed E-state index contributed by atoms with van der Waals surface area (Å²) in [6, 6.07) is -0.819. The van der Waals surface area contributed by atoms with E-state index in [1.54, 1.807) is 6.07 Å². The van der Waals surface area contributed by atoms with Crippen LogP contribution < -0.4 is 5.32 Å². The van der Waals surface area contributed by atoms with E-state index in [2.05, 4.69) is 5.32 Å². The molecule has 0 aromatic carbocycles. The zero-order valence-electron chi connectivity index (χ0n) is 9.03. The number of carbonyl (C=O) groups excluding carboxylic acids is 1. The molecule has 0 spiro atoms. The van der Waals surface area contributed by atoms with Crippen LogP contribution in [0, 0.1) is 11.3 Å². The number of carboxylic acids is 2. The Balaban J connectivity index is 3.00. The van der Waals surface area contributed by atoms with E-state index in [1.165, 1.54) is 6.08 Å². The second-order valence-corrected chi connectivity index (χ2v) is 3.23. The number of aliphatic carboxylic acids is 2. The van der Waals surface area contributed by atoms with Gasteiger partial charge in [0.15, 0.2) is 6.04 Å². The molecule has 0 saturated heterocycles. The van der Waals surface area contributed by atoms with Gasteiger partial charge in [-0.1, -0.05) is 0 Å².